The number of nitrogens with zero attached hydrogens (tertiary/aromatic N) is 2. The van der Waals surface area contributed by atoms with Gasteiger partial charge in [-0.2, -0.15) is 0 Å². The van der Waals surface area contributed by atoms with Gasteiger partial charge in [-0.3, -0.25) is 9.69 Å². The minimum absolute atomic E-state index is 0.0733. The number of nitrogens with one attached hydrogen (secondary N) is 1. The van der Waals surface area contributed by atoms with E-state index in [4.69, 9.17) is 0 Å². The second-order valence-electron chi connectivity index (χ2n) is 8.46. The van der Waals surface area contributed by atoms with Crippen molar-refractivity contribution >= 4 is 5.91 Å². The van der Waals surface area contributed by atoms with Crippen LogP contribution < -0.4 is 5.32 Å². The minimum atomic E-state index is -0.0819. The van der Waals surface area contributed by atoms with Gasteiger partial charge in [0.1, 0.15) is 0 Å². The fourth-order valence-corrected chi connectivity index (χ4v) is 3.98. The van der Waals surface area contributed by atoms with Gasteiger partial charge in [0.05, 0.1) is 6.42 Å². The Morgan fingerprint density at radius 3 is 2.38 bits per heavy atom. The number of carbonyl (C=O) groups is 1. The van der Waals surface area contributed by atoms with Crippen LogP contribution in [0.25, 0.3) is 5.69 Å². The van der Waals surface area contributed by atoms with Crippen molar-refractivity contribution < 1.29 is 4.79 Å². The highest BCUT2D eigenvalue weighted by Gasteiger charge is 2.30. The summed E-state index contributed by atoms with van der Waals surface area (Å²) in [6.07, 6.45) is 5.51. The zero-order valence-electron chi connectivity index (χ0n) is 17.3. The highest BCUT2D eigenvalue weighted by atomic mass is 16.1. The molecule has 150 valence electrons. The summed E-state index contributed by atoms with van der Waals surface area (Å²) < 4.78 is 2.06. The van der Waals surface area contributed by atoms with Gasteiger partial charge in [-0.25, -0.2) is 0 Å². The van der Waals surface area contributed by atoms with Crippen LogP contribution in [0.5, 0.6) is 0 Å². The lowest BCUT2D eigenvalue weighted by Gasteiger charge is -2.41. The Morgan fingerprint density at radius 1 is 0.966 bits per heavy atom. The molecule has 4 nitrogen and oxygen atoms in total. The number of benzene rings is 2. The van der Waals surface area contributed by atoms with E-state index in [1.165, 1.54) is 11.1 Å². The van der Waals surface area contributed by atoms with Gasteiger partial charge < -0.3 is 9.88 Å². The molecule has 0 spiro atoms. The third-order valence-electron chi connectivity index (χ3n) is 5.91. The third-order valence-corrected chi connectivity index (χ3v) is 5.91. The van der Waals surface area contributed by atoms with Crippen molar-refractivity contribution in [3.63, 3.8) is 0 Å². The SMILES string of the molecule is CC(C)(CNC(=O)Cc1ccc(-n2cccc2)cc1)N1CCc2ccccc2C1. The summed E-state index contributed by atoms with van der Waals surface area (Å²) in [5, 5.41) is 3.15. The molecule has 0 unspecified atom stereocenters. The van der Waals surface area contributed by atoms with Crippen LogP contribution in [-0.2, 0) is 24.2 Å². The van der Waals surface area contributed by atoms with Crippen LogP contribution >= 0.6 is 0 Å². The van der Waals surface area contributed by atoms with Gasteiger partial charge in [-0.05, 0) is 61.2 Å². The van der Waals surface area contributed by atoms with Gasteiger partial charge in [0.25, 0.3) is 0 Å². The van der Waals surface area contributed by atoms with Crippen molar-refractivity contribution in [2.75, 3.05) is 13.1 Å². The van der Waals surface area contributed by atoms with Gasteiger partial charge in [0.2, 0.25) is 5.91 Å². The average Bonchev–Trinajstić information content (AvgIpc) is 3.27. The zero-order valence-corrected chi connectivity index (χ0v) is 17.3. The Morgan fingerprint density at radius 2 is 1.66 bits per heavy atom. The van der Waals surface area contributed by atoms with E-state index in [1.54, 1.807) is 0 Å². The Balaban J connectivity index is 1.31. The van der Waals surface area contributed by atoms with E-state index in [0.717, 1.165) is 30.8 Å². The van der Waals surface area contributed by atoms with Crippen molar-refractivity contribution in [3.8, 4) is 5.69 Å². The van der Waals surface area contributed by atoms with Gasteiger partial charge >= 0.3 is 0 Å². The van der Waals surface area contributed by atoms with E-state index in [9.17, 15) is 4.79 Å². The quantitative estimate of drug-likeness (QED) is 0.695. The molecule has 0 saturated heterocycles. The Kier molecular flexibility index (Phi) is 5.54. The van der Waals surface area contributed by atoms with E-state index in [-0.39, 0.29) is 11.4 Å². The summed E-state index contributed by atoms with van der Waals surface area (Å²) in [7, 11) is 0. The molecule has 0 radical (unpaired) electrons. The van der Waals surface area contributed by atoms with E-state index in [2.05, 4.69) is 65.0 Å². The standard InChI is InChI=1S/C25H29N3O/c1-25(2,28-16-13-21-7-3-4-8-22(21)18-28)19-26-24(29)17-20-9-11-23(12-10-20)27-14-5-6-15-27/h3-12,14-15H,13,16-19H2,1-2H3,(H,26,29). The fraction of sp³-hybridized carbons (Fsp3) is 0.320. The Bertz CT molecular complexity index is 958. The molecular weight excluding hydrogens is 358 g/mol. The molecule has 0 bridgehead atoms. The molecule has 1 aromatic heterocycles. The molecule has 1 N–H and O–H groups in total. The Labute approximate surface area is 173 Å². The summed E-state index contributed by atoms with van der Waals surface area (Å²) in [4.78, 5) is 15.0. The normalized spacial score (nSPS) is 14.4. The molecule has 2 heterocycles. The molecule has 0 atom stereocenters. The predicted molar refractivity (Wildman–Crippen MR) is 117 cm³/mol. The first-order chi connectivity index (χ1) is 14.0. The van der Waals surface area contributed by atoms with Crippen LogP contribution in [0.3, 0.4) is 0 Å². The van der Waals surface area contributed by atoms with E-state index in [1.807, 2.05) is 36.7 Å². The molecule has 0 saturated carbocycles. The van der Waals surface area contributed by atoms with Crippen molar-refractivity contribution in [1.82, 2.24) is 14.8 Å². The molecule has 0 fully saturated rings. The fourth-order valence-electron chi connectivity index (χ4n) is 3.98. The summed E-state index contributed by atoms with van der Waals surface area (Å²) in [5.74, 6) is 0.0733. The number of hydrogen-bond donors (Lipinski definition) is 1. The van der Waals surface area contributed by atoms with Crippen LogP contribution in [0.2, 0.25) is 0 Å². The number of hydrogen-bond acceptors (Lipinski definition) is 2. The van der Waals surface area contributed by atoms with Crippen molar-refractivity contribution in [3.05, 3.63) is 89.7 Å². The largest absolute Gasteiger partial charge is 0.354 e. The maximum Gasteiger partial charge on any atom is 0.224 e. The highest BCUT2D eigenvalue weighted by molar-refractivity contribution is 5.78. The highest BCUT2D eigenvalue weighted by Crippen LogP contribution is 2.25. The Hall–Kier alpha value is -2.85. The second kappa shape index (κ2) is 8.26. The van der Waals surface area contributed by atoms with Crippen LogP contribution in [0.1, 0.15) is 30.5 Å². The smallest absolute Gasteiger partial charge is 0.224 e. The van der Waals surface area contributed by atoms with Crippen molar-refractivity contribution in [1.29, 1.82) is 0 Å². The van der Waals surface area contributed by atoms with Crippen LogP contribution in [0.15, 0.2) is 73.1 Å². The summed E-state index contributed by atoms with van der Waals surface area (Å²) in [5.41, 5.74) is 4.91. The van der Waals surface area contributed by atoms with Gasteiger partial charge in [0.15, 0.2) is 0 Å². The summed E-state index contributed by atoms with van der Waals surface area (Å²) in [6, 6.07) is 20.8. The van der Waals surface area contributed by atoms with Crippen LogP contribution in [-0.4, -0.2) is 34.0 Å². The van der Waals surface area contributed by atoms with Gasteiger partial charge in [-0.15, -0.1) is 0 Å². The minimum Gasteiger partial charge on any atom is -0.354 e. The van der Waals surface area contributed by atoms with Gasteiger partial charge in [0, 0.05) is 43.3 Å². The molecule has 3 aromatic rings. The molecule has 4 rings (SSSR count). The molecule has 4 heteroatoms. The number of aromatic nitrogens is 1. The van der Waals surface area contributed by atoms with Crippen LogP contribution in [0, 0.1) is 0 Å². The molecule has 2 aromatic carbocycles. The van der Waals surface area contributed by atoms with Crippen molar-refractivity contribution in [2.45, 2.75) is 38.8 Å². The third kappa shape index (κ3) is 4.60. The monoisotopic (exact) mass is 387 g/mol. The number of fused-ring (bicyclic) bond motifs is 1. The number of rotatable bonds is 6. The topological polar surface area (TPSA) is 37.3 Å². The predicted octanol–water partition coefficient (Wildman–Crippen LogP) is 3.97. The summed E-state index contributed by atoms with van der Waals surface area (Å²) >= 11 is 0. The molecule has 1 aliphatic heterocycles. The molecule has 1 amide bonds. The molecule has 1 aliphatic rings. The maximum atomic E-state index is 12.5. The average molecular weight is 388 g/mol. The summed E-state index contributed by atoms with van der Waals surface area (Å²) in [6.45, 7) is 7.05. The lowest BCUT2D eigenvalue weighted by molar-refractivity contribution is -0.121. The van der Waals surface area contributed by atoms with E-state index >= 15 is 0 Å². The molecule has 0 aliphatic carbocycles. The van der Waals surface area contributed by atoms with Crippen molar-refractivity contribution in [2.24, 2.45) is 0 Å². The molecular formula is C25H29N3O. The lowest BCUT2D eigenvalue weighted by Crippen LogP contribution is -2.53. The zero-order chi connectivity index (χ0) is 20.3. The second-order valence-corrected chi connectivity index (χ2v) is 8.46. The first-order valence-corrected chi connectivity index (χ1v) is 10.3. The number of carbonyl (C=O) groups excluding carboxylic acids is 1. The number of amides is 1. The van der Waals surface area contributed by atoms with Gasteiger partial charge in [-0.1, -0.05) is 36.4 Å². The molecule has 29 heavy (non-hydrogen) atoms. The lowest BCUT2D eigenvalue weighted by atomic mass is 9.94. The maximum absolute atomic E-state index is 12.5. The van der Waals surface area contributed by atoms with Crippen LogP contribution in [0.4, 0.5) is 0 Å². The first kappa shape index (κ1) is 19.5. The van der Waals surface area contributed by atoms with E-state index in [0.29, 0.717) is 13.0 Å². The first-order valence-electron chi connectivity index (χ1n) is 10.3. The van der Waals surface area contributed by atoms with E-state index < -0.39 is 0 Å².